The number of anilines is 2. The van der Waals surface area contributed by atoms with E-state index in [2.05, 4.69) is 16.1 Å². The lowest BCUT2D eigenvalue weighted by atomic mass is 10.1. The van der Waals surface area contributed by atoms with Crippen LogP contribution in [0.15, 0.2) is 60.7 Å². The molecule has 4 aromatic rings. The number of hydrogen-bond acceptors (Lipinski definition) is 3. The fraction of sp³-hybridized carbons (Fsp3) is 0.115. The lowest BCUT2D eigenvalue weighted by molar-refractivity contribution is -0.133. The molecule has 9 heteroatoms. The highest BCUT2D eigenvalue weighted by molar-refractivity contribution is 6.42. The largest absolute Gasteiger partial charge is 0.328 e. The van der Waals surface area contributed by atoms with Crippen molar-refractivity contribution in [2.45, 2.75) is 20.8 Å². The van der Waals surface area contributed by atoms with Gasteiger partial charge < -0.3 is 10.6 Å². The number of nitrogens with zero attached hydrogens (tertiary/aromatic N) is 1. The van der Waals surface area contributed by atoms with E-state index in [1.807, 2.05) is 32.9 Å². The molecular formula is C26H22Cl2N4O3. The van der Waals surface area contributed by atoms with Gasteiger partial charge in [-0.1, -0.05) is 41.4 Å². The predicted molar refractivity (Wildman–Crippen MR) is 140 cm³/mol. The standard InChI is InChI=1S/C26H22Cl2N4O3/c1-14-5-4-6-21(16(14)3)30-24(33)23-12-17-11-18(27)8-10-22(17)32(23)31-26(35)25(34)29-19-9-7-15(2)20(28)13-19/h4-13H,1-3H3,(H,29,34)(H,30,33)(H,31,35). The maximum absolute atomic E-state index is 13.2. The van der Waals surface area contributed by atoms with Crippen LogP contribution in [0.5, 0.6) is 0 Å². The van der Waals surface area contributed by atoms with E-state index < -0.39 is 17.7 Å². The van der Waals surface area contributed by atoms with Crippen LogP contribution in [-0.2, 0) is 9.59 Å². The van der Waals surface area contributed by atoms with E-state index in [0.29, 0.717) is 32.3 Å². The number of carbonyl (C=O) groups is 3. The molecule has 3 aromatic carbocycles. The molecular weight excluding hydrogens is 487 g/mol. The highest BCUT2D eigenvalue weighted by Gasteiger charge is 2.22. The highest BCUT2D eigenvalue weighted by Crippen LogP contribution is 2.25. The van der Waals surface area contributed by atoms with Crippen molar-refractivity contribution in [2.75, 3.05) is 16.1 Å². The molecule has 35 heavy (non-hydrogen) atoms. The Morgan fingerprint density at radius 2 is 1.57 bits per heavy atom. The zero-order chi connectivity index (χ0) is 25.3. The van der Waals surface area contributed by atoms with Crippen molar-refractivity contribution in [1.29, 1.82) is 0 Å². The van der Waals surface area contributed by atoms with E-state index in [4.69, 9.17) is 23.2 Å². The molecule has 178 valence electrons. The third-order valence-electron chi connectivity index (χ3n) is 5.70. The first-order chi connectivity index (χ1) is 16.6. The van der Waals surface area contributed by atoms with Gasteiger partial charge >= 0.3 is 11.8 Å². The quantitative estimate of drug-likeness (QED) is 0.302. The van der Waals surface area contributed by atoms with Gasteiger partial charge in [0.05, 0.1) is 5.52 Å². The maximum Gasteiger partial charge on any atom is 0.328 e. The molecule has 0 spiro atoms. The van der Waals surface area contributed by atoms with Crippen LogP contribution in [0.4, 0.5) is 11.4 Å². The summed E-state index contributed by atoms with van der Waals surface area (Å²) in [5, 5.41) is 6.94. The van der Waals surface area contributed by atoms with Crippen LogP contribution in [0.25, 0.3) is 10.9 Å². The summed E-state index contributed by atoms with van der Waals surface area (Å²) in [6.07, 6.45) is 0. The van der Waals surface area contributed by atoms with Crippen molar-refractivity contribution in [2.24, 2.45) is 0 Å². The van der Waals surface area contributed by atoms with Crippen LogP contribution in [0, 0.1) is 20.8 Å². The van der Waals surface area contributed by atoms with Gasteiger partial charge in [-0.3, -0.25) is 19.8 Å². The summed E-state index contributed by atoms with van der Waals surface area (Å²) in [5.74, 6) is -2.34. The third kappa shape index (κ3) is 5.16. The van der Waals surface area contributed by atoms with Crippen LogP contribution in [0.2, 0.25) is 10.0 Å². The number of halogens is 2. The number of fused-ring (bicyclic) bond motifs is 1. The molecule has 0 saturated carbocycles. The van der Waals surface area contributed by atoms with E-state index in [1.54, 1.807) is 48.5 Å². The second-order valence-electron chi connectivity index (χ2n) is 8.13. The van der Waals surface area contributed by atoms with Crippen molar-refractivity contribution in [3.63, 3.8) is 0 Å². The van der Waals surface area contributed by atoms with Crippen LogP contribution in [0.1, 0.15) is 27.2 Å². The predicted octanol–water partition coefficient (Wildman–Crippen LogP) is 5.83. The van der Waals surface area contributed by atoms with Gasteiger partial charge in [0.15, 0.2) is 0 Å². The zero-order valence-electron chi connectivity index (χ0n) is 19.2. The van der Waals surface area contributed by atoms with Gasteiger partial charge in [0, 0.05) is 26.8 Å². The van der Waals surface area contributed by atoms with Gasteiger partial charge in [0.1, 0.15) is 5.69 Å². The molecule has 7 nitrogen and oxygen atoms in total. The minimum atomic E-state index is -0.963. The van der Waals surface area contributed by atoms with E-state index in [9.17, 15) is 14.4 Å². The van der Waals surface area contributed by atoms with Gasteiger partial charge in [-0.15, -0.1) is 0 Å². The van der Waals surface area contributed by atoms with Crippen molar-refractivity contribution in [3.05, 3.63) is 93.1 Å². The van der Waals surface area contributed by atoms with Crippen LogP contribution < -0.4 is 16.1 Å². The summed E-state index contributed by atoms with van der Waals surface area (Å²) < 4.78 is 1.27. The number of aryl methyl sites for hydroxylation is 2. The van der Waals surface area contributed by atoms with Gasteiger partial charge in [0.2, 0.25) is 0 Å². The molecule has 4 rings (SSSR count). The highest BCUT2D eigenvalue weighted by atomic mass is 35.5. The second-order valence-corrected chi connectivity index (χ2v) is 8.97. The minimum absolute atomic E-state index is 0.128. The number of rotatable bonds is 4. The normalized spacial score (nSPS) is 10.8. The molecule has 1 aromatic heterocycles. The second kappa shape index (κ2) is 9.82. The topological polar surface area (TPSA) is 92.2 Å². The lowest BCUT2D eigenvalue weighted by Crippen LogP contribution is -2.36. The Morgan fingerprint density at radius 1 is 0.800 bits per heavy atom. The Hall–Kier alpha value is -3.81. The van der Waals surface area contributed by atoms with Crippen molar-refractivity contribution >= 4 is 63.2 Å². The molecule has 0 saturated heterocycles. The van der Waals surface area contributed by atoms with Crippen LogP contribution in [0.3, 0.4) is 0 Å². The summed E-state index contributed by atoms with van der Waals surface area (Å²) in [6, 6.07) is 17.1. The summed E-state index contributed by atoms with van der Waals surface area (Å²) in [5.41, 5.74) is 6.95. The first-order valence-electron chi connectivity index (χ1n) is 10.7. The summed E-state index contributed by atoms with van der Waals surface area (Å²) >= 11 is 12.2. The Bertz CT molecular complexity index is 1490. The number of amides is 3. The molecule has 0 aliphatic heterocycles. The van der Waals surface area contributed by atoms with E-state index in [1.165, 1.54) is 4.68 Å². The van der Waals surface area contributed by atoms with E-state index in [0.717, 1.165) is 16.7 Å². The van der Waals surface area contributed by atoms with Gasteiger partial charge in [-0.05, 0) is 79.9 Å². The van der Waals surface area contributed by atoms with Crippen LogP contribution >= 0.6 is 23.2 Å². The molecule has 0 bridgehead atoms. The Morgan fingerprint density at radius 3 is 2.31 bits per heavy atom. The molecule has 0 unspecified atom stereocenters. The fourth-order valence-corrected chi connectivity index (χ4v) is 3.92. The van der Waals surface area contributed by atoms with E-state index >= 15 is 0 Å². The first-order valence-corrected chi connectivity index (χ1v) is 11.5. The Balaban J connectivity index is 1.64. The van der Waals surface area contributed by atoms with Crippen molar-refractivity contribution < 1.29 is 14.4 Å². The summed E-state index contributed by atoms with van der Waals surface area (Å²) in [7, 11) is 0. The Kier molecular flexibility index (Phi) is 6.82. The summed E-state index contributed by atoms with van der Waals surface area (Å²) in [6.45, 7) is 5.68. The first kappa shape index (κ1) is 24.3. The molecule has 0 aliphatic rings. The monoisotopic (exact) mass is 508 g/mol. The van der Waals surface area contributed by atoms with Gasteiger partial charge in [-0.25, -0.2) is 4.68 Å². The molecule has 3 N–H and O–H groups in total. The zero-order valence-corrected chi connectivity index (χ0v) is 20.7. The SMILES string of the molecule is Cc1ccc(NC(=O)C(=O)Nn2c(C(=O)Nc3cccc(C)c3C)cc3cc(Cl)ccc32)cc1Cl. The number of benzene rings is 3. The van der Waals surface area contributed by atoms with E-state index in [-0.39, 0.29) is 5.69 Å². The van der Waals surface area contributed by atoms with Crippen molar-refractivity contribution in [3.8, 4) is 0 Å². The Labute approximate surface area is 212 Å². The lowest BCUT2D eigenvalue weighted by Gasteiger charge is -2.14. The number of hydrogen-bond donors (Lipinski definition) is 3. The van der Waals surface area contributed by atoms with Gasteiger partial charge in [0.25, 0.3) is 5.91 Å². The minimum Gasteiger partial charge on any atom is -0.320 e. The molecule has 0 atom stereocenters. The molecule has 0 fully saturated rings. The average Bonchev–Trinajstić information content (AvgIpc) is 3.16. The van der Waals surface area contributed by atoms with Crippen molar-refractivity contribution in [1.82, 2.24) is 4.68 Å². The molecule has 3 amide bonds. The number of nitrogens with one attached hydrogen (secondary N) is 3. The smallest absolute Gasteiger partial charge is 0.320 e. The molecule has 0 radical (unpaired) electrons. The third-order valence-corrected chi connectivity index (χ3v) is 6.34. The molecule has 1 heterocycles. The van der Waals surface area contributed by atoms with Crippen LogP contribution in [-0.4, -0.2) is 22.4 Å². The van der Waals surface area contributed by atoms with Gasteiger partial charge in [-0.2, -0.15) is 0 Å². The number of carbonyl (C=O) groups excluding carboxylic acids is 3. The number of aromatic nitrogens is 1. The fourth-order valence-electron chi connectivity index (χ4n) is 3.56. The maximum atomic E-state index is 13.2. The molecule has 0 aliphatic carbocycles. The summed E-state index contributed by atoms with van der Waals surface area (Å²) in [4.78, 5) is 38.6. The average molecular weight is 509 g/mol.